The topological polar surface area (TPSA) is 49.4 Å². The van der Waals surface area contributed by atoms with Crippen molar-refractivity contribution in [3.8, 4) is 0 Å². The second kappa shape index (κ2) is 7.54. The second-order valence-electron chi connectivity index (χ2n) is 6.87. The fourth-order valence-electron chi connectivity index (χ4n) is 3.60. The van der Waals surface area contributed by atoms with Crippen LogP contribution in [0.3, 0.4) is 0 Å². The summed E-state index contributed by atoms with van der Waals surface area (Å²) >= 11 is 4.56. The number of hydrogen-bond donors (Lipinski definition) is 2. The van der Waals surface area contributed by atoms with Crippen LogP contribution in [-0.2, 0) is 10.0 Å². The van der Waals surface area contributed by atoms with Crippen molar-refractivity contribution in [2.24, 2.45) is 0 Å². The maximum Gasteiger partial charge on any atom is 0.243 e. The van der Waals surface area contributed by atoms with Crippen LogP contribution in [0.4, 0.5) is 5.69 Å². The normalized spacial score (nSPS) is 20.8. The van der Waals surface area contributed by atoms with Gasteiger partial charge in [0.25, 0.3) is 0 Å². The van der Waals surface area contributed by atoms with E-state index in [9.17, 15) is 8.42 Å². The number of anilines is 1. The van der Waals surface area contributed by atoms with Gasteiger partial charge in [0.1, 0.15) is 0 Å². The number of sulfonamides is 1. The van der Waals surface area contributed by atoms with E-state index in [2.05, 4.69) is 17.9 Å². The largest absolute Gasteiger partial charge is 0.383 e. The summed E-state index contributed by atoms with van der Waals surface area (Å²) in [5, 5.41) is 5.36. The zero-order valence-corrected chi connectivity index (χ0v) is 16.5. The van der Waals surface area contributed by atoms with E-state index in [1.165, 1.54) is 0 Å². The number of para-hydroxylation sites is 1. The highest BCUT2D eigenvalue weighted by Gasteiger charge is 2.38. The maximum atomic E-state index is 13.3. The molecule has 1 saturated heterocycles. The third-order valence-corrected chi connectivity index (χ3v) is 7.27. The van der Waals surface area contributed by atoms with Crippen LogP contribution in [0, 0.1) is 0 Å². The fourth-order valence-corrected chi connectivity index (χ4v) is 5.84. The number of fused-ring (bicyclic) bond motifs is 1. The SMILES string of the molecule is O=S(=O)(c1ccc2ccccc2c1)N1C[C@H](S)C[C@H]1CNc1ccccc1. The van der Waals surface area contributed by atoms with Gasteiger partial charge in [-0.2, -0.15) is 16.9 Å². The van der Waals surface area contributed by atoms with E-state index in [4.69, 9.17) is 0 Å². The first-order valence-electron chi connectivity index (χ1n) is 9.02. The number of nitrogens with one attached hydrogen (secondary N) is 1. The molecule has 2 atom stereocenters. The summed E-state index contributed by atoms with van der Waals surface area (Å²) in [7, 11) is -3.57. The summed E-state index contributed by atoms with van der Waals surface area (Å²) < 4.78 is 28.2. The Bertz CT molecular complexity index is 1040. The van der Waals surface area contributed by atoms with Gasteiger partial charge in [-0.1, -0.05) is 48.5 Å². The third kappa shape index (κ3) is 3.83. The quantitative estimate of drug-likeness (QED) is 0.639. The van der Waals surface area contributed by atoms with Crippen molar-refractivity contribution < 1.29 is 8.42 Å². The van der Waals surface area contributed by atoms with Crippen molar-refractivity contribution >= 4 is 39.1 Å². The molecule has 0 spiro atoms. The smallest absolute Gasteiger partial charge is 0.243 e. The molecule has 0 radical (unpaired) electrons. The molecule has 0 aromatic heterocycles. The average Bonchev–Trinajstić information content (AvgIpc) is 3.08. The summed E-state index contributed by atoms with van der Waals surface area (Å²) in [5.41, 5.74) is 0.989. The number of hydrogen-bond acceptors (Lipinski definition) is 4. The number of nitrogens with zero attached hydrogens (tertiary/aromatic N) is 1. The highest BCUT2D eigenvalue weighted by molar-refractivity contribution is 7.89. The maximum absolute atomic E-state index is 13.3. The molecule has 3 aromatic rings. The zero-order valence-electron chi connectivity index (χ0n) is 14.8. The van der Waals surface area contributed by atoms with Crippen molar-refractivity contribution in [1.29, 1.82) is 0 Å². The Morgan fingerprint density at radius 1 is 0.963 bits per heavy atom. The Morgan fingerprint density at radius 3 is 2.44 bits per heavy atom. The van der Waals surface area contributed by atoms with Crippen LogP contribution in [0.25, 0.3) is 10.8 Å². The second-order valence-corrected chi connectivity index (χ2v) is 9.49. The molecule has 1 N–H and O–H groups in total. The molecule has 0 unspecified atom stereocenters. The Kier molecular flexibility index (Phi) is 5.12. The van der Waals surface area contributed by atoms with E-state index < -0.39 is 10.0 Å². The molecular weight excluding hydrogens is 376 g/mol. The molecule has 27 heavy (non-hydrogen) atoms. The van der Waals surface area contributed by atoms with E-state index in [0.717, 1.165) is 22.9 Å². The summed E-state index contributed by atoms with van der Waals surface area (Å²) in [6.07, 6.45) is 0.732. The minimum absolute atomic E-state index is 0.0443. The van der Waals surface area contributed by atoms with Crippen molar-refractivity contribution in [3.63, 3.8) is 0 Å². The van der Waals surface area contributed by atoms with Crippen LogP contribution in [0.1, 0.15) is 6.42 Å². The van der Waals surface area contributed by atoms with E-state index in [1.807, 2.05) is 60.7 Å². The molecule has 1 fully saturated rings. The molecule has 0 aliphatic carbocycles. The molecule has 1 aliphatic rings. The van der Waals surface area contributed by atoms with Gasteiger partial charge in [-0.05, 0) is 41.5 Å². The molecule has 0 amide bonds. The molecule has 0 saturated carbocycles. The third-order valence-electron chi connectivity index (χ3n) is 4.99. The molecule has 4 rings (SSSR count). The lowest BCUT2D eigenvalue weighted by molar-refractivity contribution is 0.399. The van der Waals surface area contributed by atoms with Crippen LogP contribution in [0.2, 0.25) is 0 Å². The highest BCUT2D eigenvalue weighted by atomic mass is 32.2. The van der Waals surface area contributed by atoms with Crippen molar-refractivity contribution in [3.05, 3.63) is 72.8 Å². The van der Waals surface area contributed by atoms with Crippen molar-refractivity contribution in [2.45, 2.75) is 22.6 Å². The predicted molar refractivity (Wildman–Crippen MR) is 114 cm³/mol. The standard InChI is InChI=1S/C21H22N2O2S2/c24-27(25,21-11-10-16-6-4-5-7-17(16)12-21)23-15-20(26)13-19(23)14-22-18-8-2-1-3-9-18/h1-12,19-20,22,26H,13-15H2/t19-,20+/m0/s1. The van der Waals surface area contributed by atoms with Gasteiger partial charge in [-0.25, -0.2) is 8.42 Å². The molecule has 140 valence electrons. The zero-order chi connectivity index (χ0) is 18.9. The molecule has 1 heterocycles. The lowest BCUT2D eigenvalue weighted by Gasteiger charge is -2.24. The molecule has 1 aliphatic heterocycles. The first-order chi connectivity index (χ1) is 13.0. The van der Waals surface area contributed by atoms with Gasteiger partial charge in [-0.3, -0.25) is 0 Å². The van der Waals surface area contributed by atoms with E-state index >= 15 is 0 Å². The van der Waals surface area contributed by atoms with Gasteiger partial charge in [0.05, 0.1) is 4.90 Å². The average molecular weight is 399 g/mol. The highest BCUT2D eigenvalue weighted by Crippen LogP contribution is 2.30. The van der Waals surface area contributed by atoms with Crippen molar-refractivity contribution in [2.75, 3.05) is 18.4 Å². The van der Waals surface area contributed by atoms with Gasteiger partial charge in [0, 0.05) is 30.1 Å². The van der Waals surface area contributed by atoms with Crippen LogP contribution in [0.5, 0.6) is 0 Å². The van der Waals surface area contributed by atoms with Crippen LogP contribution < -0.4 is 5.32 Å². The van der Waals surface area contributed by atoms with Crippen LogP contribution >= 0.6 is 12.6 Å². The predicted octanol–water partition coefficient (Wildman–Crippen LogP) is 4.01. The summed E-state index contributed by atoms with van der Waals surface area (Å²) in [4.78, 5) is 0.341. The Labute approximate surface area is 165 Å². The lowest BCUT2D eigenvalue weighted by Crippen LogP contribution is -2.39. The molecule has 3 aromatic carbocycles. The van der Waals surface area contributed by atoms with E-state index in [0.29, 0.717) is 18.0 Å². The van der Waals surface area contributed by atoms with Crippen LogP contribution in [-0.4, -0.2) is 37.1 Å². The molecule has 4 nitrogen and oxygen atoms in total. The number of rotatable bonds is 5. The van der Waals surface area contributed by atoms with Gasteiger partial charge in [0.15, 0.2) is 0 Å². The lowest BCUT2D eigenvalue weighted by atomic mass is 10.1. The number of thiol groups is 1. The van der Waals surface area contributed by atoms with E-state index in [-0.39, 0.29) is 11.3 Å². The Hall–Kier alpha value is -2.02. The first kappa shape index (κ1) is 18.3. The van der Waals surface area contributed by atoms with Gasteiger partial charge < -0.3 is 5.32 Å². The first-order valence-corrected chi connectivity index (χ1v) is 11.0. The van der Waals surface area contributed by atoms with Crippen LogP contribution in [0.15, 0.2) is 77.7 Å². The Balaban J connectivity index is 1.59. The summed E-state index contributed by atoms with van der Waals surface area (Å²) in [5.74, 6) is 0. The van der Waals surface area contributed by atoms with Crippen molar-refractivity contribution in [1.82, 2.24) is 4.31 Å². The fraction of sp³-hybridized carbons (Fsp3) is 0.238. The minimum atomic E-state index is -3.57. The minimum Gasteiger partial charge on any atom is -0.383 e. The summed E-state index contributed by atoms with van der Waals surface area (Å²) in [6, 6.07) is 22.8. The molecule has 6 heteroatoms. The monoisotopic (exact) mass is 398 g/mol. The number of benzene rings is 3. The van der Waals surface area contributed by atoms with E-state index in [1.54, 1.807) is 16.4 Å². The summed E-state index contributed by atoms with van der Waals surface area (Å²) in [6.45, 7) is 0.993. The molecular formula is C21H22N2O2S2. The van der Waals surface area contributed by atoms with Gasteiger partial charge >= 0.3 is 0 Å². The molecule has 0 bridgehead atoms. The van der Waals surface area contributed by atoms with Gasteiger partial charge in [-0.15, -0.1) is 0 Å². The Morgan fingerprint density at radius 2 is 1.67 bits per heavy atom. The van der Waals surface area contributed by atoms with Gasteiger partial charge in [0.2, 0.25) is 10.0 Å².